The van der Waals surface area contributed by atoms with Crippen molar-refractivity contribution in [2.45, 2.75) is 25.8 Å². The van der Waals surface area contributed by atoms with Gasteiger partial charge in [0.05, 0.1) is 6.04 Å². The molecule has 16 heavy (non-hydrogen) atoms. The molecule has 0 aromatic heterocycles. The van der Waals surface area contributed by atoms with Gasteiger partial charge in [0.2, 0.25) is 5.91 Å². The number of rotatable bonds is 1. The summed E-state index contributed by atoms with van der Waals surface area (Å²) in [6.45, 7) is 2.60. The molecule has 1 heterocycles. The van der Waals surface area contributed by atoms with E-state index in [1.165, 1.54) is 5.56 Å². The molecule has 0 aliphatic carbocycles. The van der Waals surface area contributed by atoms with Gasteiger partial charge < -0.3 is 0 Å². The van der Waals surface area contributed by atoms with Crippen molar-refractivity contribution >= 4 is 5.91 Å². The van der Waals surface area contributed by atoms with Crippen LogP contribution in [0.5, 0.6) is 0 Å². The zero-order valence-corrected chi connectivity index (χ0v) is 9.89. The van der Waals surface area contributed by atoms with Crippen molar-refractivity contribution in [2.24, 2.45) is 0 Å². The summed E-state index contributed by atoms with van der Waals surface area (Å²) in [7, 11) is 1.98. The van der Waals surface area contributed by atoms with Gasteiger partial charge >= 0.3 is 0 Å². The molecule has 1 saturated heterocycles. The van der Waals surface area contributed by atoms with Crippen LogP contribution in [-0.2, 0) is 4.79 Å². The molecule has 1 aliphatic heterocycles. The van der Waals surface area contributed by atoms with Gasteiger partial charge in [0.1, 0.15) is 0 Å². The third-order valence-corrected chi connectivity index (χ3v) is 3.13. The van der Waals surface area contributed by atoms with Gasteiger partial charge in [-0.1, -0.05) is 30.3 Å². The lowest BCUT2D eigenvalue weighted by Crippen LogP contribution is -2.48. The minimum absolute atomic E-state index is 0.121. The van der Waals surface area contributed by atoms with Crippen LogP contribution in [0.3, 0.4) is 0 Å². The molecule has 86 valence electrons. The molecular weight excluding hydrogens is 200 g/mol. The molecule has 1 aromatic carbocycles. The first kappa shape index (κ1) is 11.1. The Morgan fingerprint density at radius 1 is 1.31 bits per heavy atom. The molecule has 0 saturated carbocycles. The van der Waals surface area contributed by atoms with Gasteiger partial charge in [0.25, 0.3) is 0 Å². The highest BCUT2D eigenvalue weighted by Gasteiger charge is 2.29. The van der Waals surface area contributed by atoms with E-state index in [1.54, 1.807) is 6.92 Å². The summed E-state index contributed by atoms with van der Waals surface area (Å²) in [5.74, 6) is 0.121. The number of benzene rings is 1. The summed E-state index contributed by atoms with van der Waals surface area (Å²) >= 11 is 0. The van der Waals surface area contributed by atoms with Crippen LogP contribution in [0, 0.1) is 0 Å². The zero-order valence-electron chi connectivity index (χ0n) is 9.89. The van der Waals surface area contributed by atoms with Gasteiger partial charge in [-0.25, -0.2) is 5.01 Å². The molecule has 1 aliphatic rings. The van der Waals surface area contributed by atoms with Crippen LogP contribution in [-0.4, -0.2) is 29.5 Å². The third kappa shape index (κ3) is 2.09. The van der Waals surface area contributed by atoms with Crippen molar-refractivity contribution in [2.75, 3.05) is 13.6 Å². The van der Waals surface area contributed by atoms with Crippen molar-refractivity contribution in [3.8, 4) is 0 Å². The topological polar surface area (TPSA) is 23.6 Å². The van der Waals surface area contributed by atoms with E-state index in [0.717, 1.165) is 19.4 Å². The monoisotopic (exact) mass is 218 g/mol. The largest absolute Gasteiger partial charge is 0.274 e. The number of hydrogen-bond donors (Lipinski definition) is 0. The maximum Gasteiger partial charge on any atom is 0.234 e. The number of hydrazine groups is 1. The van der Waals surface area contributed by atoms with Gasteiger partial charge in [-0.2, -0.15) is 0 Å². The Morgan fingerprint density at radius 2 is 2.00 bits per heavy atom. The molecule has 3 nitrogen and oxygen atoms in total. The summed E-state index contributed by atoms with van der Waals surface area (Å²) in [4.78, 5) is 11.7. The smallest absolute Gasteiger partial charge is 0.234 e. The molecule has 1 amide bonds. The lowest BCUT2D eigenvalue weighted by molar-refractivity contribution is -0.155. The van der Waals surface area contributed by atoms with E-state index in [9.17, 15) is 4.79 Å². The van der Waals surface area contributed by atoms with Crippen LogP contribution in [0.1, 0.15) is 31.4 Å². The maximum absolute atomic E-state index is 11.7. The average Bonchev–Trinajstić information content (AvgIpc) is 2.29. The van der Waals surface area contributed by atoms with E-state index in [2.05, 4.69) is 12.1 Å². The fourth-order valence-corrected chi connectivity index (χ4v) is 2.42. The lowest BCUT2D eigenvalue weighted by atomic mass is 9.99. The van der Waals surface area contributed by atoms with E-state index in [-0.39, 0.29) is 11.9 Å². The second kappa shape index (κ2) is 4.66. The van der Waals surface area contributed by atoms with Crippen LogP contribution in [0.4, 0.5) is 0 Å². The molecule has 0 N–H and O–H groups in total. The van der Waals surface area contributed by atoms with Crippen molar-refractivity contribution in [1.29, 1.82) is 0 Å². The molecule has 1 unspecified atom stereocenters. The van der Waals surface area contributed by atoms with Crippen molar-refractivity contribution in [1.82, 2.24) is 10.0 Å². The second-order valence-electron chi connectivity index (χ2n) is 4.31. The zero-order chi connectivity index (χ0) is 11.5. The first-order valence-corrected chi connectivity index (χ1v) is 5.76. The van der Waals surface area contributed by atoms with Crippen molar-refractivity contribution < 1.29 is 4.79 Å². The Labute approximate surface area is 96.6 Å². The van der Waals surface area contributed by atoms with E-state index in [1.807, 2.05) is 35.3 Å². The van der Waals surface area contributed by atoms with Crippen LogP contribution >= 0.6 is 0 Å². The van der Waals surface area contributed by atoms with Gasteiger partial charge in [0, 0.05) is 20.5 Å². The minimum Gasteiger partial charge on any atom is -0.274 e. The first-order chi connectivity index (χ1) is 7.70. The lowest BCUT2D eigenvalue weighted by Gasteiger charge is -2.42. The summed E-state index contributed by atoms with van der Waals surface area (Å²) in [6, 6.07) is 10.5. The molecule has 0 bridgehead atoms. The van der Waals surface area contributed by atoms with Crippen LogP contribution < -0.4 is 0 Å². The van der Waals surface area contributed by atoms with Crippen LogP contribution in [0.2, 0.25) is 0 Å². The molecule has 0 radical (unpaired) electrons. The highest BCUT2D eigenvalue weighted by Crippen LogP contribution is 2.30. The summed E-state index contributed by atoms with van der Waals surface area (Å²) in [6.07, 6.45) is 2.19. The van der Waals surface area contributed by atoms with Crippen molar-refractivity contribution in [3.05, 3.63) is 35.9 Å². The van der Waals surface area contributed by atoms with Crippen LogP contribution in [0.15, 0.2) is 30.3 Å². The van der Waals surface area contributed by atoms with Gasteiger partial charge in [-0.05, 0) is 18.4 Å². The van der Waals surface area contributed by atoms with Gasteiger partial charge in [-0.3, -0.25) is 9.80 Å². The number of amides is 1. The minimum atomic E-state index is 0.121. The van der Waals surface area contributed by atoms with Crippen LogP contribution in [0.25, 0.3) is 0 Å². The Morgan fingerprint density at radius 3 is 2.62 bits per heavy atom. The summed E-state index contributed by atoms with van der Waals surface area (Å²) < 4.78 is 0. The van der Waals surface area contributed by atoms with Gasteiger partial charge in [0.15, 0.2) is 0 Å². The fourth-order valence-electron chi connectivity index (χ4n) is 2.42. The highest BCUT2D eigenvalue weighted by molar-refractivity contribution is 5.73. The Kier molecular flexibility index (Phi) is 3.25. The molecule has 3 heteroatoms. The predicted molar refractivity (Wildman–Crippen MR) is 63.6 cm³/mol. The van der Waals surface area contributed by atoms with E-state index in [0.29, 0.717) is 0 Å². The molecule has 1 fully saturated rings. The SMILES string of the molecule is CC(=O)N1C(c2ccccc2)CCCN1C. The van der Waals surface area contributed by atoms with E-state index in [4.69, 9.17) is 0 Å². The summed E-state index contributed by atoms with van der Waals surface area (Å²) in [5.41, 5.74) is 1.23. The normalized spacial score (nSPS) is 22.1. The number of carbonyl (C=O) groups is 1. The number of hydrogen-bond acceptors (Lipinski definition) is 2. The number of carbonyl (C=O) groups excluding carboxylic acids is 1. The third-order valence-electron chi connectivity index (χ3n) is 3.13. The molecular formula is C13H18N2O. The molecule has 1 aromatic rings. The highest BCUT2D eigenvalue weighted by atomic mass is 16.2. The molecule has 2 rings (SSSR count). The quantitative estimate of drug-likeness (QED) is 0.721. The first-order valence-electron chi connectivity index (χ1n) is 5.76. The number of nitrogens with zero attached hydrogens (tertiary/aromatic N) is 2. The second-order valence-corrected chi connectivity index (χ2v) is 4.31. The standard InChI is InChI=1S/C13H18N2O/c1-11(16)15-13(9-6-10-14(15)2)12-7-4-3-5-8-12/h3-5,7-8,13H,6,9-10H2,1-2H3. The Hall–Kier alpha value is -1.35. The van der Waals surface area contributed by atoms with E-state index >= 15 is 0 Å². The van der Waals surface area contributed by atoms with Gasteiger partial charge in [-0.15, -0.1) is 0 Å². The van der Waals surface area contributed by atoms with Crippen molar-refractivity contribution in [3.63, 3.8) is 0 Å². The molecule has 1 atom stereocenters. The Balaban J connectivity index is 2.27. The Bertz CT molecular complexity index is 363. The molecule has 0 spiro atoms. The van der Waals surface area contributed by atoms with E-state index < -0.39 is 0 Å². The fraction of sp³-hybridized carbons (Fsp3) is 0.462. The maximum atomic E-state index is 11.7. The predicted octanol–water partition coefficient (Wildman–Crippen LogP) is 2.22. The summed E-state index contributed by atoms with van der Waals surface area (Å²) in [5, 5.41) is 3.91. The average molecular weight is 218 g/mol.